The molecule has 1 amide bonds. The molecule has 0 spiro atoms. The van der Waals surface area contributed by atoms with Gasteiger partial charge in [0, 0.05) is 16.1 Å². The zero-order valence-corrected chi connectivity index (χ0v) is 11.6. The number of hydrogen-bond acceptors (Lipinski definition) is 4. The summed E-state index contributed by atoms with van der Waals surface area (Å²) in [6, 6.07) is 11.8. The van der Waals surface area contributed by atoms with Crippen LogP contribution in [0.1, 0.15) is 26.3 Å². The molecule has 1 aliphatic heterocycles. The Balaban J connectivity index is 1.70. The zero-order chi connectivity index (χ0) is 14.8. The van der Waals surface area contributed by atoms with Crippen LogP contribution in [0.25, 0.3) is 0 Å². The van der Waals surface area contributed by atoms with Crippen LogP contribution in [0.4, 0.5) is 5.69 Å². The topological polar surface area (TPSA) is 67.4 Å². The second-order valence-corrected chi connectivity index (χ2v) is 4.97. The fraction of sp³-hybridized carbons (Fsp3) is 0.0667. The van der Waals surface area contributed by atoms with Gasteiger partial charge >= 0.3 is 5.97 Å². The van der Waals surface area contributed by atoms with E-state index in [1.807, 2.05) is 0 Å². The second kappa shape index (κ2) is 5.46. The highest BCUT2D eigenvalue weighted by atomic mass is 35.5. The van der Waals surface area contributed by atoms with E-state index in [4.69, 9.17) is 16.3 Å². The van der Waals surface area contributed by atoms with Crippen LogP contribution in [-0.2, 0) is 11.3 Å². The Hall–Kier alpha value is -2.53. The summed E-state index contributed by atoms with van der Waals surface area (Å²) in [5, 5.41) is 0.615. The third-order valence-corrected chi connectivity index (χ3v) is 3.37. The highest BCUT2D eigenvalue weighted by Crippen LogP contribution is 2.21. The highest BCUT2D eigenvalue weighted by molar-refractivity contribution is 6.30. The molecule has 2 N–H and O–H groups in total. The summed E-state index contributed by atoms with van der Waals surface area (Å²) in [7, 11) is 0. The number of hydrogen-bond donors (Lipinski definition) is 2. The van der Waals surface area contributed by atoms with Gasteiger partial charge in [0.2, 0.25) is 0 Å². The minimum Gasteiger partial charge on any atom is -0.457 e. The molecule has 0 aromatic heterocycles. The number of cyclic esters (lactones) is 1. The summed E-state index contributed by atoms with van der Waals surface area (Å²) < 4.78 is 4.90. The third-order valence-electron chi connectivity index (χ3n) is 3.12. The average molecular weight is 303 g/mol. The predicted molar refractivity (Wildman–Crippen MR) is 78.1 cm³/mol. The van der Waals surface area contributed by atoms with E-state index in [1.54, 1.807) is 36.4 Å². The van der Waals surface area contributed by atoms with Crippen molar-refractivity contribution in [2.24, 2.45) is 0 Å². The lowest BCUT2D eigenvalue weighted by Crippen LogP contribution is -2.29. The van der Waals surface area contributed by atoms with Crippen LogP contribution in [0.2, 0.25) is 5.02 Å². The molecule has 2 aromatic carbocycles. The number of carbonyl (C=O) groups is 2. The van der Waals surface area contributed by atoms with Crippen molar-refractivity contribution in [3.8, 4) is 0 Å². The van der Waals surface area contributed by atoms with Crippen molar-refractivity contribution in [1.29, 1.82) is 0 Å². The van der Waals surface area contributed by atoms with Gasteiger partial charge in [-0.25, -0.2) is 4.79 Å². The van der Waals surface area contributed by atoms with Gasteiger partial charge in [0.25, 0.3) is 5.91 Å². The highest BCUT2D eigenvalue weighted by Gasteiger charge is 2.22. The lowest BCUT2D eigenvalue weighted by molar-refractivity contribution is 0.0535. The monoisotopic (exact) mass is 302 g/mol. The molecule has 0 unspecified atom stereocenters. The number of halogens is 1. The first kappa shape index (κ1) is 13.5. The number of carbonyl (C=O) groups excluding carboxylic acids is 2. The van der Waals surface area contributed by atoms with E-state index in [0.717, 1.165) is 5.56 Å². The first-order chi connectivity index (χ1) is 10.1. The summed E-state index contributed by atoms with van der Waals surface area (Å²) >= 11 is 5.78. The lowest BCUT2D eigenvalue weighted by atomic mass is 10.1. The zero-order valence-electron chi connectivity index (χ0n) is 10.9. The van der Waals surface area contributed by atoms with Crippen LogP contribution in [0.15, 0.2) is 42.5 Å². The molecule has 1 aliphatic rings. The molecule has 0 atom stereocenters. The Kier molecular flexibility index (Phi) is 3.50. The van der Waals surface area contributed by atoms with E-state index in [2.05, 4.69) is 10.9 Å². The molecule has 1 heterocycles. The quantitative estimate of drug-likeness (QED) is 0.676. The van der Waals surface area contributed by atoms with E-state index in [1.165, 1.54) is 6.07 Å². The van der Waals surface area contributed by atoms with Gasteiger partial charge in [0.1, 0.15) is 6.61 Å². The van der Waals surface area contributed by atoms with Crippen molar-refractivity contribution in [1.82, 2.24) is 5.43 Å². The molecule has 0 fully saturated rings. The SMILES string of the molecule is O=C(NNc1ccc(Cl)cc1)c1ccc2c(c1)C(=O)OC2. The fourth-order valence-electron chi connectivity index (χ4n) is 1.99. The van der Waals surface area contributed by atoms with Crippen molar-refractivity contribution in [3.05, 3.63) is 64.2 Å². The summed E-state index contributed by atoms with van der Waals surface area (Å²) in [5.41, 5.74) is 7.65. The first-order valence-electron chi connectivity index (χ1n) is 6.25. The number of nitrogens with one attached hydrogen (secondary N) is 2. The molecule has 0 aliphatic carbocycles. The normalized spacial score (nSPS) is 12.5. The number of anilines is 1. The molecule has 0 radical (unpaired) electrons. The maximum Gasteiger partial charge on any atom is 0.338 e. The van der Waals surface area contributed by atoms with Crippen LogP contribution >= 0.6 is 11.6 Å². The Bertz CT molecular complexity index is 713. The van der Waals surface area contributed by atoms with E-state index in [9.17, 15) is 9.59 Å². The smallest absolute Gasteiger partial charge is 0.338 e. The van der Waals surface area contributed by atoms with Crippen molar-refractivity contribution < 1.29 is 14.3 Å². The second-order valence-electron chi connectivity index (χ2n) is 4.53. The van der Waals surface area contributed by atoms with Crippen LogP contribution in [0.3, 0.4) is 0 Å². The van der Waals surface area contributed by atoms with Crippen molar-refractivity contribution in [2.75, 3.05) is 5.43 Å². The number of esters is 1. The number of amides is 1. The van der Waals surface area contributed by atoms with Gasteiger partial charge < -0.3 is 4.74 Å². The molecule has 0 saturated heterocycles. The van der Waals surface area contributed by atoms with Gasteiger partial charge in [0.05, 0.1) is 11.3 Å². The summed E-state index contributed by atoms with van der Waals surface area (Å²) in [5.74, 6) is -0.738. The van der Waals surface area contributed by atoms with Crippen LogP contribution in [0.5, 0.6) is 0 Å². The van der Waals surface area contributed by atoms with Crippen molar-refractivity contribution in [3.63, 3.8) is 0 Å². The third kappa shape index (κ3) is 2.83. The van der Waals surface area contributed by atoms with Crippen molar-refractivity contribution >= 4 is 29.2 Å². The first-order valence-corrected chi connectivity index (χ1v) is 6.63. The summed E-state index contributed by atoms with van der Waals surface area (Å²) in [6.07, 6.45) is 0. The molecule has 2 aromatic rings. The van der Waals surface area contributed by atoms with Gasteiger partial charge in [-0.15, -0.1) is 0 Å². The fourth-order valence-corrected chi connectivity index (χ4v) is 2.11. The molecular formula is C15H11ClN2O3. The predicted octanol–water partition coefficient (Wildman–Crippen LogP) is 2.77. The van der Waals surface area contributed by atoms with Gasteiger partial charge in [-0.3, -0.25) is 15.6 Å². The molecule has 21 heavy (non-hydrogen) atoms. The largest absolute Gasteiger partial charge is 0.457 e. The molecule has 5 nitrogen and oxygen atoms in total. The van der Waals surface area contributed by atoms with Crippen LogP contribution < -0.4 is 10.9 Å². The standard InChI is InChI=1S/C15H11ClN2O3/c16-11-3-5-12(6-4-11)17-18-14(19)9-1-2-10-8-21-15(20)13(10)7-9/h1-7,17H,8H2,(H,18,19). The van der Waals surface area contributed by atoms with E-state index < -0.39 is 5.97 Å². The Labute approximate surface area is 125 Å². The molecular weight excluding hydrogens is 292 g/mol. The van der Waals surface area contributed by atoms with Gasteiger partial charge in [-0.05, 0) is 36.4 Å². The van der Waals surface area contributed by atoms with Crippen LogP contribution in [0, 0.1) is 0 Å². The molecule has 3 rings (SSSR count). The number of benzene rings is 2. The van der Waals surface area contributed by atoms with Gasteiger partial charge in [-0.2, -0.15) is 0 Å². The maximum atomic E-state index is 12.0. The Morgan fingerprint density at radius 2 is 1.90 bits per heavy atom. The van der Waals surface area contributed by atoms with Crippen molar-refractivity contribution in [2.45, 2.75) is 6.61 Å². The summed E-state index contributed by atoms with van der Waals surface area (Å²) in [4.78, 5) is 23.5. The number of ether oxygens (including phenoxy) is 1. The number of rotatable bonds is 3. The van der Waals surface area contributed by atoms with Crippen LogP contribution in [-0.4, -0.2) is 11.9 Å². The van der Waals surface area contributed by atoms with Gasteiger partial charge in [0.15, 0.2) is 0 Å². The maximum absolute atomic E-state index is 12.0. The summed E-state index contributed by atoms with van der Waals surface area (Å²) in [6.45, 7) is 0.263. The van der Waals surface area contributed by atoms with E-state index in [-0.39, 0.29) is 12.5 Å². The minimum absolute atomic E-state index is 0.263. The van der Waals surface area contributed by atoms with Gasteiger partial charge in [-0.1, -0.05) is 17.7 Å². The molecule has 106 valence electrons. The molecule has 0 saturated carbocycles. The number of fused-ring (bicyclic) bond motifs is 1. The average Bonchev–Trinajstić information content (AvgIpc) is 2.87. The molecule has 0 bridgehead atoms. The Morgan fingerprint density at radius 1 is 1.14 bits per heavy atom. The van der Waals surface area contributed by atoms with E-state index in [0.29, 0.717) is 21.8 Å². The van der Waals surface area contributed by atoms with E-state index >= 15 is 0 Å². The number of hydrazine groups is 1. The Morgan fingerprint density at radius 3 is 2.67 bits per heavy atom. The lowest BCUT2D eigenvalue weighted by Gasteiger charge is -2.09. The minimum atomic E-state index is -0.398. The molecule has 6 heteroatoms.